The highest BCUT2D eigenvalue weighted by Gasteiger charge is 2.30. The minimum absolute atomic E-state index is 0.0260. The first-order valence-electron chi connectivity index (χ1n) is 9.37. The topological polar surface area (TPSA) is 99.0 Å². The molecule has 4 N–H and O–H groups in total. The van der Waals surface area contributed by atoms with Crippen molar-refractivity contribution in [1.29, 1.82) is 0 Å². The molecule has 1 amide bonds. The zero-order valence-electron chi connectivity index (χ0n) is 17.0. The predicted molar refractivity (Wildman–Crippen MR) is 99.3 cm³/mol. The van der Waals surface area contributed by atoms with E-state index in [1.165, 1.54) is 0 Å². The molecule has 0 saturated carbocycles. The molecule has 0 heterocycles. The molecule has 2 unspecified atom stereocenters. The Morgan fingerprint density at radius 3 is 2.04 bits per heavy atom. The average molecular weight is 362 g/mol. The van der Waals surface area contributed by atoms with E-state index in [1.54, 1.807) is 20.8 Å². The molecule has 0 radical (unpaired) electrons. The maximum Gasteiger partial charge on any atom is 0.407 e. The Labute approximate surface area is 153 Å². The molecule has 0 aliphatic rings. The SMILES string of the molecule is CCC(C)C(O)C[C@H](NC(=O)OC(C)(C)C)[C@H](O)C[C@H](CO)C(C)C. The van der Waals surface area contributed by atoms with Gasteiger partial charge < -0.3 is 25.4 Å². The highest BCUT2D eigenvalue weighted by molar-refractivity contribution is 5.68. The van der Waals surface area contributed by atoms with Gasteiger partial charge in [-0.3, -0.25) is 0 Å². The smallest absolute Gasteiger partial charge is 0.407 e. The molecule has 0 bridgehead atoms. The number of aliphatic hydroxyl groups is 3. The fourth-order valence-corrected chi connectivity index (χ4v) is 2.57. The zero-order valence-corrected chi connectivity index (χ0v) is 17.0. The summed E-state index contributed by atoms with van der Waals surface area (Å²) < 4.78 is 5.27. The maximum atomic E-state index is 12.1. The summed E-state index contributed by atoms with van der Waals surface area (Å²) in [5.41, 5.74) is -0.638. The number of ether oxygens (including phenoxy) is 1. The van der Waals surface area contributed by atoms with Gasteiger partial charge in [0.05, 0.1) is 18.2 Å². The lowest BCUT2D eigenvalue weighted by atomic mass is 9.86. The second kappa shape index (κ2) is 11.0. The van der Waals surface area contributed by atoms with Gasteiger partial charge in [-0.25, -0.2) is 4.79 Å². The van der Waals surface area contributed by atoms with Gasteiger partial charge in [0.1, 0.15) is 5.60 Å². The molecule has 0 aliphatic heterocycles. The van der Waals surface area contributed by atoms with E-state index in [1.807, 2.05) is 27.7 Å². The summed E-state index contributed by atoms with van der Waals surface area (Å²) in [6.45, 7) is 13.2. The van der Waals surface area contributed by atoms with Crippen LogP contribution < -0.4 is 5.32 Å². The number of amides is 1. The number of alkyl carbamates (subject to hydrolysis) is 1. The summed E-state index contributed by atoms with van der Waals surface area (Å²) in [5, 5.41) is 33.1. The molecular formula is C19H39NO5. The molecule has 5 atom stereocenters. The second-order valence-corrected chi connectivity index (χ2v) is 8.43. The molecule has 0 rings (SSSR count). The first kappa shape index (κ1) is 24.1. The summed E-state index contributed by atoms with van der Waals surface area (Å²) in [5.74, 6) is 0.203. The van der Waals surface area contributed by atoms with E-state index in [9.17, 15) is 20.1 Å². The molecule has 150 valence electrons. The fraction of sp³-hybridized carbons (Fsp3) is 0.947. The van der Waals surface area contributed by atoms with Crippen molar-refractivity contribution in [3.8, 4) is 0 Å². The van der Waals surface area contributed by atoms with Crippen molar-refractivity contribution in [3.63, 3.8) is 0 Å². The van der Waals surface area contributed by atoms with Crippen LogP contribution in [0.4, 0.5) is 4.79 Å². The highest BCUT2D eigenvalue weighted by Crippen LogP contribution is 2.22. The zero-order chi connectivity index (χ0) is 19.8. The van der Waals surface area contributed by atoms with Gasteiger partial charge >= 0.3 is 6.09 Å². The Balaban J connectivity index is 5.07. The normalized spacial score (nSPS) is 18.4. The number of aliphatic hydroxyl groups excluding tert-OH is 3. The van der Waals surface area contributed by atoms with Crippen LogP contribution in [-0.2, 0) is 4.74 Å². The quantitative estimate of drug-likeness (QED) is 0.479. The first-order valence-corrected chi connectivity index (χ1v) is 9.37. The van der Waals surface area contributed by atoms with Gasteiger partial charge in [0.15, 0.2) is 0 Å². The fourth-order valence-electron chi connectivity index (χ4n) is 2.57. The van der Waals surface area contributed by atoms with Crippen LogP contribution in [-0.4, -0.2) is 51.9 Å². The second-order valence-electron chi connectivity index (χ2n) is 8.43. The monoisotopic (exact) mass is 361 g/mol. The van der Waals surface area contributed by atoms with Crippen molar-refractivity contribution < 1.29 is 24.9 Å². The third kappa shape index (κ3) is 10.0. The number of rotatable bonds is 10. The van der Waals surface area contributed by atoms with Crippen LogP contribution in [0.2, 0.25) is 0 Å². The number of hydrogen-bond donors (Lipinski definition) is 4. The number of carbonyl (C=O) groups is 1. The van der Waals surface area contributed by atoms with Crippen molar-refractivity contribution in [2.24, 2.45) is 17.8 Å². The third-order valence-electron chi connectivity index (χ3n) is 4.68. The van der Waals surface area contributed by atoms with Crippen LogP contribution in [0.25, 0.3) is 0 Å². The van der Waals surface area contributed by atoms with E-state index in [2.05, 4.69) is 5.32 Å². The molecule has 0 aromatic rings. The highest BCUT2D eigenvalue weighted by atomic mass is 16.6. The van der Waals surface area contributed by atoms with Crippen molar-refractivity contribution >= 4 is 6.09 Å². The van der Waals surface area contributed by atoms with E-state index < -0.39 is 29.9 Å². The van der Waals surface area contributed by atoms with Crippen LogP contribution in [0.3, 0.4) is 0 Å². The Bertz CT molecular complexity index is 381. The molecule has 0 aromatic carbocycles. The molecule has 25 heavy (non-hydrogen) atoms. The summed E-state index contributed by atoms with van der Waals surface area (Å²) >= 11 is 0. The van der Waals surface area contributed by atoms with Gasteiger partial charge in [-0.15, -0.1) is 0 Å². The maximum absolute atomic E-state index is 12.1. The molecular weight excluding hydrogens is 322 g/mol. The lowest BCUT2D eigenvalue weighted by Crippen LogP contribution is -2.48. The van der Waals surface area contributed by atoms with Crippen LogP contribution in [0.5, 0.6) is 0 Å². The van der Waals surface area contributed by atoms with Crippen LogP contribution >= 0.6 is 0 Å². The number of nitrogens with one attached hydrogen (secondary N) is 1. The summed E-state index contributed by atoms with van der Waals surface area (Å²) in [7, 11) is 0. The van der Waals surface area contributed by atoms with E-state index in [4.69, 9.17) is 4.74 Å². The lowest BCUT2D eigenvalue weighted by molar-refractivity contribution is 0.0173. The molecule has 0 aromatic heterocycles. The number of hydrogen-bond acceptors (Lipinski definition) is 5. The summed E-state index contributed by atoms with van der Waals surface area (Å²) in [6, 6.07) is -0.633. The van der Waals surface area contributed by atoms with Gasteiger partial charge in [0.25, 0.3) is 0 Å². The van der Waals surface area contributed by atoms with Crippen molar-refractivity contribution in [2.45, 2.75) is 91.6 Å². The van der Waals surface area contributed by atoms with Gasteiger partial charge in [0, 0.05) is 6.61 Å². The molecule has 0 spiro atoms. The molecule has 6 heteroatoms. The van der Waals surface area contributed by atoms with Crippen LogP contribution in [0.15, 0.2) is 0 Å². The first-order chi connectivity index (χ1) is 11.4. The van der Waals surface area contributed by atoms with Crippen molar-refractivity contribution in [2.75, 3.05) is 6.61 Å². The Morgan fingerprint density at radius 2 is 1.64 bits per heavy atom. The largest absolute Gasteiger partial charge is 0.444 e. The lowest BCUT2D eigenvalue weighted by Gasteiger charge is -2.31. The van der Waals surface area contributed by atoms with Gasteiger partial charge in [0.2, 0.25) is 0 Å². The van der Waals surface area contributed by atoms with Crippen LogP contribution in [0, 0.1) is 17.8 Å². The number of carbonyl (C=O) groups excluding carboxylic acids is 1. The van der Waals surface area contributed by atoms with Gasteiger partial charge in [-0.05, 0) is 51.4 Å². The third-order valence-corrected chi connectivity index (χ3v) is 4.68. The Kier molecular flexibility index (Phi) is 10.6. The Hall–Kier alpha value is -0.850. The van der Waals surface area contributed by atoms with E-state index in [0.29, 0.717) is 6.42 Å². The predicted octanol–water partition coefficient (Wildman–Crippen LogP) is 2.69. The molecule has 0 fully saturated rings. The summed E-state index contributed by atoms with van der Waals surface area (Å²) in [6.07, 6.45) is -0.718. The van der Waals surface area contributed by atoms with Crippen LogP contribution in [0.1, 0.15) is 67.7 Å². The average Bonchev–Trinajstić information content (AvgIpc) is 2.48. The minimum Gasteiger partial charge on any atom is -0.444 e. The standard InChI is InChI=1S/C19H39NO5/c1-8-13(4)16(22)10-15(20-18(24)25-19(5,6)7)17(23)9-14(11-21)12(2)3/h12-17,21-23H,8-11H2,1-7H3,(H,20,24)/t13?,14-,15+,16?,17-/m1/s1. The molecule has 0 aliphatic carbocycles. The van der Waals surface area contributed by atoms with E-state index in [0.717, 1.165) is 6.42 Å². The van der Waals surface area contributed by atoms with Crippen molar-refractivity contribution in [1.82, 2.24) is 5.32 Å². The summed E-state index contributed by atoms with van der Waals surface area (Å²) in [4.78, 5) is 12.1. The molecule has 0 saturated heterocycles. The van der Waals surface area contributed by atoms with E-state index in [-0.39, 0.29) is 30.8 Å². The van der Waals surface area contributed by atoms with Crippen molar-refractivity contribution in [3.05, 3.63) is 0 Å². The van der Waals surface area contributed by atoms with E-state index >= 15 is 0 Å². The molecule has 6 nitrogen and oxygen atoms in total. The minimum atomic E-state index is -0.870. The Morgan fingerprint density at radius 1 is 1.08 bits per heavy atom. The van der Waals surface area contributed by atoms with Gasteiger partial charge in [-0.2, -0.15) is 0 Å². The van der Waals surface area contributed by atoms with Gasteiger partial charge in [-0.1, -0.05) is 34.1 Å².